The molecule has 1 aromatic heterocycles. The van der Waals surface area contributed by atoms with Gasteiger partial charge in [-0.3, -0.25) is 15.6 Å². The number of hydrogen-bond acceptors (Lipinski definition) is 5. The second kappa shape index (κ2) is 6.82. The number of carbonyl (C=O) groups is 1. The van der Waals surface area contributed by atoms with Crippen LogP contribution in [-0.4, -0.2) is 31.2 Å². The average Bonchev–Trinajstić information content (AvgIpc) is 2.34. The topological polar surface area (TPSA) is 89.3 Å². The van der Waals surface area contributed by atoms with Gasteiger partial charge in [-0.05, 0) is 19.4 Å². The van der Waals surface area contributed by atoms with E-state index >= 15 is 0 Å². The van der Waals surface area contributed by atoms with E-state index in [0.717, 1.165) is 12.1 Å². The fourth-order valence-corrected chi connectivity index (χ4v) is 1.37. The SMILES string of the molecule is COCCCNC(=O)c1cnc(C)cc1NN. The highest BCUT2D eigenvalue weighted by molar-refractivity contribution is 5.99. The Hall–Kier alpha value is -1.66. The van der Waals surface area contributed by atoms with Crippen molar-refractivity contribution in [3.63, 3.8) is 0 Å². The number of hydrogen-bond donors (Lipinski definition) is 3. The monoisotopic (exact) mass is 238 g/mol. The molecule has 0 aromatic carbocycles. The summed E-state index contributed by atoms with van der Waals surface area (Å²) in [5.74, 6) is 5.16. The first kappa shape index (κ1) is 13.4. The van der Waals surface area contributed by atoms with E-state index in [2.05, 4.69) is 15.7 Å². The molecule has 0 bridgehead atoms. The lowest BCUT2D eigenvalue weighted by atomic mass is 10.2. The summed E-state index contributed by atoms with van der Waals surface area (Å²) < 4.78 is 4.89. The first-order valence-electron chi connectivity index (χ1n) is 5.39. The Morgan fingerprint density at radius 2 is 2.35 bits per heavy atom. The van der Waals surface area contributed by atoms with Crippen LogP contribution in [0.3, 0.4) is 0 Å². The molecular formula is C11H18N4O2. The van der Waals surface area contributed by atoms with E-state index in [1.807, 2.05) is 6.92 Å². The number of ether oxygens (including phenoxy) is 1. The van der Waals surface area contributed by atoms with Crippen molar-refractivity contribution >= 4 is 11.6 Å². The molecule has 0 fully saturated rings. The molecule has 6 heteroatoms. The zero-order chi connectivity index (χ0) is 12.7. The van der Waals surface area contributed by atoms with Crippen molar-refractivity contribution in [1.29, 1.82) is 0 Å². The molecule has 0 aliphatic carbocycles. The molecule has 0 saturated carbocycles. The van der Waals surface area contributed by atoms with Crippen LogP contribution in [0.1, 0.15) is 22.5 Å². The number of aryl methyl sites for hydroxylation is 1. The largest absolute Gasteiger partial charge is 0.385 e. The molecule has 0 aliphatic heterocycles. The van der Waals surface area contributed by atoms with Crippen molar-refractivity contribution < 1.29 is 9.53 Å². The number of nitrogens with one attached hydrogen (secondary N) is 2. The molecule has 1 rings (SSSR count). The molecule has 0 atom stereocenters. The van der Waals surface area contributed by atoms with Gasteiger partial charge in [0.25, 0.3) is 5.91 Å². The van der Waals surface area contributed by atoms with E-state index in [-0.39, 0.29) is 5.91 Å². The molecule has 6 nitrogen and oxygen atoms in total. The van der Waals surface area contributed by atoms with Crippen molar-refractivity contribution in [3.05, 3.63) is 23.5 Å². The highest BCUT2D eigenvalue weighted by Crippen LogP contribution is 2.13. The second-order valence-corrected chi connectivity index (χ2v) is 3.62. The number of rotatable bonds is 6. The van der Waals surface area contributed by atoms with Crippen LogP contribution < -0.4 is 16.6 Å². The van der Waals surface area contributed by atoms with E-state index in [1.54, 1.807) is 13.2 Å². The predicted molar refractivity (Wildman–Crippen MR) is 65.6 cm³/mol. The van der Waals surface area contributed by atoms with Crippen molar-refractivity contribution in [3.8, 4) is 0 Å². The lowest BCUT2D eigenvalue weighted by Gasteiger charge is -2.09. The van der Waals surface area contributed by atoms with Gasteiger partial charge in [0, 0.05) is 32.2 Å². The summed E-state index contributed by atoms with van der Waals surface area (Å²) in [6, 6.07) is 1.73. The Kier molecular flexibility index (Phi) is 5.38. The molecule has 94 valence electrons. The Morgan fingerprint density at radius 1 is 1.59 bits per heavy atom. The van der Waals surface area contributed by atoms with E-state index in [9.17, 15) is 4.79 Å². The first-order chi connectivity index (χ1) is 8.19. The van der Waals surface area contributed by atoms with Gasteiger partial charge in [0.15, 0.2) is 0 Å². The number of nitrogens with two attached hydrogens (primary N) is 1. The van der Waals surface area contributed by atoms with Crippen LogP contribution in [0.2, 0.25) is 0 Å². The van der Waals surface area contributed by atoms with Crippen molar-refractivity contribution in [2.75, 3.05) is 25.7 Å². The molecule has 4 N–H and O–H groups in total. The van der Waals surface area contributed by atoms with E-state index in [0.29, 0.717) is 24.4 Å². The fraction of sp³-hybridized carbons (Fsp3) is 0.455. The number of methoxy groups -OCH3 is 1. The van der Waals surface area contributed by atoms with Gasteiger partial charge in [-0.15, -0.1) is 0 Å². The minimum Gasteiger partial charge on any atom is -0.385 e. The number of hydrazine groups is 1. The van der Waals surface area contributed by atoms with Gasteiger partial charge in [0.2, 0.25) is 0 Å². The minimum atomic E-state index is -0.193. The standard InChI is InChI=1S/C11H18N4O2/c1-8-6-10(15-12)9(7-14-8)11(16)13-4-3-5-17-2/h6-7H,3-5,12H2,1-2H3,(H,13,16)(H,14,15). The Balaban J connectivity index is 2.62. The molecule has 0 radical (unpaired) electrons. The summed E-state index contributed by atoms with van der Waals surface area (Å²) >= 11 is 0. The number of pyridine rings is 1. The summed E-state index contributed by atoms with van der Waals surface area (Å²) in [5.41, 5.74) is 4.30. The smallest absolute Gasteiger partial charge is 0.255 e. The van der Waals surface area contributed by atoms with E-state index < -0.39 is 0 Å². The van der Waals surface area contributed by atoms with Crippen LogP contribution in [0.15, 0.2) is 12.3 Å². The van der Waals surface area contributed by atoms with Crippen molar-refractivity contribution in [1.82, 2.24) is 10.3 Å². The fourth-order valence-electron chi connectivity index (χ4n) is 1.37. The predicted octanol–water partition coefficient (Wildman–Crippen LogP) is 0.442. The zero-order valence-corrected chi connectivity index (χ0v) is 10.1. The summed E-state index contributed by atoms with van der Waals surface area (Å²) in [6.45, 7) is 3.01. The van der Waals surface area contributed by atoms with Crippen molar-refractivity contribution in [2.45, 2.75) is 13.3 Å². The minimum absolute atomic E-state index is 0.193. The maximum absolute atomic E-state index is 11.8. The molecule has 17 heavy (non-hydrogen) atoms. The third-order valence-electron chi connectivity index (χ3n) is 2.25. The van der Waals surface area contributed by atoms with Gasteiger partial charge < -0.3 is 15.5 Å². The number of amides is 1. The number of nitrogen functional groups attached to an aromatic ring is 1. The number of nitrogens with zero attached hydrogens (tertiary/aromatic N) is 1. The number of aromatic nitrogens is 1. The van der Waals surface area contributed by atoms with Crippen LogP contribution in [0.5, 0.6) is 0 Å². The molecule has 1 amide bonds. The summed E-state index contributed by atoms with van der Waals surface area (Å²) in [5, 5.41) is 2.77. The quantitative estimate of drug-likeness (QED) is 0.380. The number of anilines is 1. The van der Waals surface area contributed by atoms with Gasteiger partial charge in [-0.1, -0.05) is 0 Å². The molecular weight excluding hydrogens is 220 g/mol. The van der Waals surface area contributed by atoms with Crippen LogP contribution in [0, 0.1) is 6.92 Å². The highest BCUT2D eigenvalue weighted by atomic mass is 16.5. The normalized spacial score (nSPS) is 10.1. The zero-order valence-electron chi connectivity index (χ0n) is 10.1. The van der Waals surface area contributed by atoms with E-state index in [4.69, 9.17) is 10.6 Å². The third-order valence-corrected chi connectivity index (χ3v) is 2.25. The maximum Gasteiger partial charge on any atom is 0.255 e. The van der Waals surface area contributed by atoms with Gasteiger partial charge >= 0.3 is 0 Å². The van der Waals surface area contributed by atoms with Crippen LogP contribution in [0.25, 0.3) is 0 Å². The summed E-state index contributed by atoms with van der Waals surface area (Å²) in [4.78, 5) is 15.9. The molecule has 1 aromatic rings. The molecule has 1 heterocycles. The molecule has 0 spiro atoms. The maximum atomic E-state index is 11.8. The lowest BCUT2D eigenvalue weighted by molar-refractivity contribution is 0.0949. The Bertz CT molecular complexity index is 382. The Morgan fingerprint density at radius 3 is 3.00 bits per heavy atom. The third kappa shape index (κ3) is 4.01. The number of carbonyl (C=O) groups excluding carboxylic acids is 1. The van der Waals surface area contributed by atoms with Gasteiger partial charge in [0.05, 0.1) is 11.3 Å². The first-order valence-corrected chi connectivity index (χ1v) is 5.39. The molecule has 0 saturated heterocycles. The van der Waals surface area contributed by atoms with E-state index in [1.165, 1.54) is 6.20 Å². The van der Waals surface area contributed by atoms with Gasteiger partial charge in [-0.25, -0.2) is 0 Å². The summed E-state index contributed by atoms with van der Waals surface area (Å²) in [6.07, 6.45) is 2.28. The van der Waals surface area contributed by atoms with Crippen molar-refractivity contribution in [2.24, 2.45) is 5.84 Å². The highest BCUT2D eigenvalue weighted by Gasteiger charge is 2.10. The average molecular weight is 238 g/mol. The second-order valence-electron chi connectivity index (χ2n) is 3.62. The van der Waals surface area contributed by atoms with Crippen LogP contribution in [-0.2, 0) is 4.74 Å². The Labute approximate surface area is 101 Å². The molecule has 0 unspecified atom stereocenters. The van der Waals surface area contributed by atoms with Gasteiger partial charge in [-0.2, -0.15) is 0 Å². The lowest BCUT2D eigenvalue weighted by Crippen LogP contribution is -2.27. The summed E-state index contributed by atoms with van der Waals surface area (Å²) in [7, 11) is 1.63. The van der Waals surface area contributed by atoms with Crippen LogP contribution >= 0.6 is 0 Å². The van der Waals surface area contributed by atoms with Gasteiger partial charge in [0.1, 0.15) is 0 Å². The van der Waals surface area contributed by atoms with Crippen LogP contribution in [0.4, 0.5) is 5.69 Å². The molecule has 0 aliphatic rings.